The van der Waals surface area contributed by atoms with E-state index in [1.165, 1.54) is 0 Å². The fourth-order valence-electron chi connectivity index (χ4n) is 2.15. The van der Waals surface area contributed by atoms with Gasteiger partial charge in [-0.2, -0.15) is 0 Å². The van der Waals surface area contributed by atoms with E-state index in [2.05, 4.69) is 5.32 Å². The van der Waals surface area contributed by atoms with Gasteiger partial charge in [0.25, 0.3) is 0 Å². The van der Waals surface area contributed by atoms with Crippen LogP contribution < -0.4 is 5.32 Å². The molecule has 1 rings (SSSR count). The zero-order valence-corrected chi connectivity index (χ0v) is 12.2. The first-order chi connectivity index (χ1) is 9.47. The molecule has 1 aromatic rings. The van der Waals surface area contributed by atoms with E-state index in [4.69, 9.17) is 5.11 Å². The lowest BCUT2D eigenvalue weighted by Gasteiger charge is -2.26. The van der Waals surface area contributed by atoms with Gasteiger partial charge in [0.15, 0.2) is 0 Å². The second kappa shape index (κ2) is 7.53. The Labute approximate surface area is 119 Å². The van der Waals surface area contributed by atoms with Crippen LogP contribution in [-0.2, 0) is 11.2 Å². The van der Waals surface area contributed by atoms with Crippen LogP contribution in [0.4, 0.5) is 10.5 Å². The first-order valence-corrected chi connectivity index (χ1v) is 6.82. The Morgan fingerprint density at radius 3 is 2.50 bits per heavy atom. The molecule has 110 valence electrons. The number of hydrogen-bond acceptors (Lipinski definition) is 2. The molecule has 0 spiro atoms. The van der Waals surface area contributed by atoms with Crippen molar-refractivity contribution in [3.05, 3.63) is 29.8 Å². The molecule has 5 nitrogen and oxygen atoms in total. The molecule has 0 aliphatic carbocycles. The van der Waals surface area contributed by atoms with Crippen molar-refractivity contribution in [2.24, 2.45) is 0 Å². The lowest BCUT2D eigenvalue weighted by atomic mass is 10.1. The number of rotatable bonds is 6. The van der Waals surface area contributed by atoms with Crippen LogP contribution >= 0.6 is 0 Å². The molecule has 0 bridgehead atoms. The number of carboxylic acids is 1. The first kappa shape index (κ1) is 16.0. The molecule has 0 radical (unpaired) electrons. The average Bonchev–Trinajstić information content (AvgIpc) is 2.39. The van der Waals surface area contributed by atoms with Crippen molar-refractivity contribution in [2.75, 3.05) is 12.4 Å². The van der Waals surface area contributed by atoms with Crippen molar-refractivity contribution < 1.29 is 14.7 Å². The summed E-state index contributed by atoms with van der Waals surface area (Å²) < 4.78 is 0. The standard InChI is InChI=1S/C15H22N2O3/c1-4-13(5-2)17(3)15(20)16-12-8-6-7-11(9-12)10-14(18)19/h6-9,13H,4-5,10H2,1-3H3,(H,16,20)(H,18,19). The summed E-state index contributed by atoms with van der Waals surface area (Å²) in [6, 6.07) is 6.94. The molecule has 0 aromatic heterocycles. The second-order valence-electron chi connectivity index (χ2n) is 4.78. The average molecular weight is 278 g/mol. The lowest BCUT2D eigenvalue weighted by Crippen LogP contribution is -2.39. The molecule has 1 aromatic carbocycles. The van der Waals surface area contributed by atoms with Gasteiger partial charge < -0.3 is 15.3 Å². The molecule has 0 unspecified atom stereocenters. The van der Waals surface area contributed by atoms with Gasteiger partial charge in [-0.3, -0.25) is 4.79 Å². The smallest absolute Gasteiger partial charge is 0.321 e. The van der Waals surface area contributed by atoms with E-state index < -0.39 is 5.97 Å². The minimum atomic E-state index is -0.886. The number of anilines is 1. The normalized spacial score (nSPS) is 10.4. The Morgan fingerprint density at radius 2 is 1.95 bits per heavy atom. The third-order valence-corrected chi connectivity index (χ3v) is 3.34. The number of nitrogens with zero attached hydrogens (tertiary/aromatic N) is 1. The molecule has 0 aliphatic heterocycles. The molecular weight excluding hydrogens is 256 g/mol. The largest absolute Gasteiger partial charge is 0.481 e. The van der Waals surface area contributed by atoms with Crippen molar-refractivity contribution in [1.82, 2.24) is 4.90 Å². The number of urea groups is 1. The maximum absolute atomic E-state index is 12.1. The Kier molecular flexibility index (Phi) is 6.03. The van der Waals surface area contributed by atoms with Crippen LogP contribution in [0.2, 0.25) is 0 Å². The predicted molar refractivity (Wildman–Crippen MR) is 78.9 cm³/mol. The maximum atomic E-state index is 12.1. The van der Waals surface area contributed by atoms with Gasteiger partial charge in [0, 0.05) is 18.8 Å². The van der Waals surface area contributed by atoms with E-state index in [-0.39, 0.29) is 18.5 Å². The summed E-state index contributed by atoms with van der Waals surface area (Å²) >= 11 is 0. The van der Waals surface area contributed by atoms with Crippen LogP contribution in [0.1, 0.15) is 32.3 Å². The molecule has 0 saturated carbocycles. The van der Waals surface area contributed by atoms with Crippen LogP contribution in [0.3, 0.4) is 0 Å². The van der Waals surface area contributed by atoms with Gasteiger partial charge in [-0.05, 0) is 30.5 Å². The van der Waals surface area contributed by atoms with Crippen LogP contribution in [-0.4, -0.2) is 35.1 Å². The molecule has 2 N–H and O–H groups in total. The Balaban J connectivity index is 2.72. The molecular formula is C15H22N2O3. The highest BCUT2D eigenvalue weighted by Crippen LogP contribution is 2.14. The number of nitrogens with one attached hydrogen (secondary N) is 1. The number of carbonyl (C=O) groups is 2. The third kappa shape index (κ3) is 4.57. The molecule has 2 amide bonds. The van der Waals surface area contributed by atoms with Crippen molar-refractivity contribution in [1.29, 1.82) is 0 Å². The molecule has 0 aliphatic rings. The van der Waals surface area contributed by atoms with Gasteiger partial charge >= 0.3 is 12.0 Å². The molecule has 0 atom stereocenters. The van der Waals surface area contributed by atoms with Gasteiger partial charge in [-0.1, -0.05) is 26.0 Å². The van der Waals surface area contributed by atoms with E-state index in [0.717, 1.165) is 12.8 Å². The number of hydrogen-bond donors (Lipinski definition) is 2. The van der Waals surface area contributed by atoms with Crippen molar-refractivity contribution >= 4 is 17.7 Å². The van der Waals surface area contributed by atoms with Crippen molar-refractivity contribution in [2.45, 2.75) is 39.2 Å². The predicted octanol–water partition coefficient (Wildman–Crippen LogP) is 2.97. The maximum Gasteiger partial charge on any atom is 0.321 e. The SMILES string of the molecule is CCC(CC)N(C)C(=O)Nc1cccc(CC(=O)O)c1. The summed E-state index contributed by atoms with van der Waals surface area (Å²) in [6.45, 7) is 4.09. The van der Waals surface area contributed by atoms with Gasteiger partial charge in [0.2, 0.25) is 0 Å². The minimum Gasteiger partial charge on any atom is -0.481 e. The number of benzene rings is 1. The highest BCUT2D eigenvalue weighted by atomic mass is 16.4. The van der Waals surface area contributed by atoms with E-state index in [1.54, 1.807) is 36.2 Å². The highest BCUT2D eigenvalue weighted by Gasteiger charge is 2.16. The van der Waals surface area contributed by atoms with Crippen molar-refractivity contribution in [3.63, 3.8) is 0 Å². The van der Waals surface area contributed by atoms with Gasteiger partial charge in [0.05, 0.1) is 6.42 Å². The number of carboxylic acid groups (broad SMARTS) is 1. The van der Waals surface area contributed by atoms with E-state index >= 15 is 0 Å². The van der Waals surface area contributed by atoms with E-state index in [1.807, 2.05) is 13.8 Å². The number of amides is 2. The van der Waals surface area contributed by atoms with Crippen LogP contribution in [0.15, 0.2) is 24.3 Å². The van der Waals surface area contributed by atoms with Crippen LogP contribution in [0.25, 0.3) is 0 Å². The summed E-state index contributed by atoms with van der Waals surface area (Å²) in [4.78, 5) is 24.5. The highest BCUT2D eigenvalue weighted by molar-refractivity contribution is 5.89. The van der Waals surface area contributed by atoms with Crippen molar-refractivity contribution in [3.8, 4) is 0 Å². The minimum absolute atomic E-state index is 0.0495. The van der Waals surface area contributed by atoms with Gasteiger partial charge in [-0.25, -0.2) is 4.79 Å². The zero-order chi connectivity index (χ0) is 15.1. The second-order valence-corrected chi connectivity index (χ2v) is 4.78. The zero-order valence-electron chi connectivity index (χ0n) is 12.2. The molecule has 0 heterocycles. The topological polar surface area (TPSA) is 69.6 Å². The monoisotopic (exact) mass is 278 g/mol. The summed E-state index contributed by atoms with van der Waals surface area (Å²) in [5.74, 6) is -0.886. The molecule has 5 heteroatoms. The van der Waals surface area contributed by atoms with E-state index in [0.29, 0.717) is 11.3 Å². The van der Waals surface area contributed by atoms with Gasteiger partial charge in [0.1, 0.15) is 0 Å². The molecule has 0 fully saturated rings. The Hall–Kier alpha value is -2.04. The Morgan fingerprint density at radius 1 is 1.30 bits per heavy atom. The summed E-state index contributed by atoms with van der Waals surface area (Å²) in [6.07, 6.45) is 1.76. The molecule has 20 heavy (non-hydrogen) atoms. The van der Waals surface area contributed by atoms with E-state index in [9.17, 15) is 9.59 Å². The summed E-state index contributed by atoms with van der Waals surface area (Å²) in [5, 5.41) is 11.6. The van der Waals surface area contributed by atoms with Crippen LogP contribution in [0.5, 0.6) is 0 Å². The number of carbonyl (C=O) groups excluding carboxylic acids is 1. The lowest BCUT2D eigenvalue weighted by molar-refractivity contribution is -0.136. The summed E-state index contributed by atoms with van der Waals surface area (Å²) in [7, 11) is 1.77. The fraction of sp³-hybridized carbons (Fsp3) is 0.467. The quantitative estimate of drug-likeness (QED) is 0.840. The third-order valence-electron chi connectivity index (χ3n) is 3.34. The fourth-order valence-corrected chi connectivity index (χ4v) is 2.15. The molecule has 0 saturated heterocycles. The first-order valence-electron chi connectivity index (χ1n) is 6.82. The van der Waals surface area contributed by atoms with Gasteiger partial charge in [-0.15, -0.1) is 0 Å². The number of aliphatic carboxylic acids is 1. The van der Waals surface area contributed by atoms with Crippen LogP contribution in [0, 0.1) is 0 Å². The Bertz CT molecular complexity index is 470. The summed E-state index contributed by atoms with van der Waals surface area (Å²) in [5.41, 5.74) is 1.28.